The van der Waals surface area contributed by atoms with Gasteiger partial charge in [-0.2, -0.15) is 10.7 Å². The number of rotatable bonds is 3. The number of likely N-dealkylation sites (N-methyl/N-ethyl adjacent to an activating group) is 1. The zero-order valence-corrected chi connectivity index (χ0v) is 25.1. The standard InChI is InChI=1S/C30H32N6O3.Na/c1-34-10-12-35(13-11-34)19-21-2-3-22-4-6-26-25-17-23(5-7-27(25)33-32-26)24(18-31)20-38-15-14-36-9-8-28(30(36)37)39-29(22)16-21;/h2-7,16-18,28H,8-15,19H2,1H3,(H,32,33);/q-2;+1/b6-4+;. The van der Waals surface area contributed by atoms with E-state index in [9.17, 15) is 10.2 Å². The summed E-state index contributed by atoms with van der Waals surface area (Å²) in [4.78, 5) is 19.7. The van der Waals surface area contributed by atoms with Crippen LogP contribution in [0.4, 0.5) is 0 Å². The molecule has 2 aromatic carbocycles. The fourth-order valence-electron chi connectivity index (χ4n) is 5.32. The Morgan fingerprint density at radius 1 is 1.10 bits per heavy atom. The number of hydrogen-bond donors (Lipinski definition) is 1. The molecule has 1 unspecified atom stereocenters. The van der Waals surface area contributed by atoms with Crippen molar-refractivity contribution < 1.29 is 43.8 Å². The molecule has 1 N–H and O–H groups in total. The fraction of sp³-hybridized carbons (Fsp3) is 0.367. The number of ether oxygens (including phenoxy) is 2. The summed E-state index contributed by atoms with van der Waals surface area (Å²) in [6.07, 6.45) is 7.83. The molecule has 0 saturated carbocycles. The van der Waals surface area contributed by atoms with Crippen LogP contribution in [0.25, 0.3) is 34.0 Å². The van der Waals surface area contributed by atoms with Crippen molar-refractivity contribution in [2.24, 2.45) is 0 Å². The van der Waals surface area contributed by atoms with Crippen molar-refractivity contribution in [3.05, 3.63) is 70.5 Å². The molecular formula is C30H32N6NaO3-. The van der Waals surface area contributed by atoms with Crippen molar-refractivity contribution in [3.63, 3.8) is 0 Å². The number of allylic oxidation sites excluding steroid dienone is 1. The molecule has 0 aliphatic carbocycles. The van der Waals surface area contributed by atoms with Gasteiger partial charge in [0.05, 0.1) is 24.4 Å². The van der Waals surface area contributed by atoms with Gasteiger partial charge in [0.25, 0.3) is 5.91 Å². The van der Waals surface area contributed by atoms with Gasteiger partial charge >= 0.3 is 29.6 Å². The number of nitrogens with one attached hydrogen (secondary N) is 1. The summed E-state index contributed by atoms with van der Waals surface area (Å²) in [6, 6.07) is 12.0. The van der Waals surface area contributed by atoms with Gasteiger partial charge in [0.15, 0.2) is 6.10 Å². The van der Waals surface area contributed by atoms with E-state index in [0.717, 1.165) is 66.7 Å². The fourth-order valence-corrected chi connectivity index (χ4v) is 5.32. The number of hydrogen-bond acceptors (Lipinski definition) is 6. The zero-order chi connectivity index (χ0) is 26.8. The van der Waals surface area contributed by atoms with E-state index in [0.29, 0.717) is 30.8 Å². The predicted octanol–water partition coefficient (Wildman–Crippen LogP) is 0.279. The van der Waals surface area contributed by atoms with Crippen LogP contribution < -0.4 is 34.3 Å². The molecule has 1 aromatic heterocycles. The second-order valence-corrected chi connectivity index (χ2v) is 10.4. The quantitative estimate of drug-likeness (QED) is 0.288. The number of aromatic nitrogens is 2. The predicted molar refractivity (Wildman–Crippen MR) is 152 cm³/mol. The monoisotopic (exact) mass is 547 g/mol. The van der Waals surface area contributed by atoms with Crippen molar-refractivity contribution in [1.29, 1.82) is 0 Å². The molecule has 3 aromatic rings. The number of amides is 1. The third kappa shape index (κ3) is 6.19. The van der Waals surface area contributed by atoms with Crippen molar-refractivity contribution in [1.82, 2.24) is 24.9 Å². The average molecular weight is 548 g/mol. The van der Waals surface area contributed by atoms with Gasteiger partial charge in [-0.15, -0.1) is 11.6 Å². The molecule has 4 heterocycles. The largest absolute Gasteiger partial charge is 1.00 e. The van der Waals surface area contributed by atoms with E-state index in [-0.39, 0.29) is 42.1 Å². The van der Waals surface area contributed by atoms with Crippen molar-refractivity contribution in [2.45, 2.75) is 19.1 Å². The SMILES string of the molecule is CN1CCN(Cc2ccc3c(c2)OC2CCN(CCO[C-]=C(C=[N-])c4ccc5n[nH]c(c5c4)/C=C/3)C2=O)CC1.[Na+]. The van der Waals surface area contributed by atoms with Gasteiger partial charge in [0.2, 0.25) is 0 Å². The Balaban J connectivity index is 0.00000323. The number of carbonyl (C=O) groups excluding carboxylic acids is 1. The van der Waals surface area contributed by atoms with E-state index < -0.39 is 6.10 Å². The molecule has 202 valence electrons. The molecule has 1 amide bonds. The molecule has 10 heteroatoms. The summed E-state index contributed by atoms with van der Waals surface area (Å²) < 4.78 is 12.0. The van der Waals surface area contributed by atoms with E-state index in [2.05, 4.69) is 51.5 Å². The molecule has 3 aliphatic rings. The van der Waals surface area contributed by atoms with Gasteiger partial charge in [-0.1, -0.05) is 18.2 Å². The number of piperazine rings is 1. The average Bonchev–Trinajstić information content (AvgIpc) is 3.51. The first-order chi connectivity index (χ1) is 19.1. The van der Waals surface area contributed by atoms with Crippen molar-refractivity contribution >= 4 is 40.7 Å². The molecule has 4 bridgehead atoms. The van der Waals surface area contributed by atoms with Crippen LogP contribution in [0.2, 0.25) is 0 Å². The molecule has 40 heavy (non-hydrogen) atoms. The van der Waals surface area contributed by atoms with E-state index in [1.165, 1.54) is 5.56 Å². The number of H-pyrrole nitrogens is 1. The Morgan fingerprint density at radius 2 is 1.95 bits per heavy atom. The van der Waals surface area contributed by atoms with Crippen LogP contribution in [0.1, 0.15) is 28.8 Å². The summed E-state index contributed by atoms with van der Waals surface area (Å²) in [5.74, 6) is 0.664. The molecule has 0 spiro atoms. The molecule has 6 rings (SSSR count). The van der Waals surface area contributed by atoms with Crippen LogP contribution >= 0.6 is 0 Å². The Labute approximate surface area is 256 Å². The van der Waals surface area contributed by atoms with Gasteiger partial charge in [-0.25, -0.2) is 0 Å². The zero-order valence-electron chi connectivity index (χ0n) is 23.1. The minimum Gasteiger partial charge on any atom is -0.879 e. The first kappa shape index (κ1) is 28.6. The molecular weight excluding hydrogens is 515 g/mol. The Bertz CT molecular complexity index is 1440. The Morgan fingerprint density at radius 3 is 2.77 bits per heavy atom. The topological polar surface area (TPSA) is 96.2 Å². The second kappa shape index (κ2) is 12.7. The maximum atomic E-state index is 13.2. The first-order valence-corrected chi connectivity index (χ1v) is 13.5. The van der Waals surface area contributed by atoms with E-state index >= 15 is 0 Å². The third-order valence-electron chi connectivity index (χ3n) is 7.70. The maximum Gasteiger partial charge on any atom is 1.00 e. The molecule has 2 fully saturated rings. The van der Waals surface area contributed by atoms with Crippen LogP contribution in [-0.4, -0.2) is 96.0 Å². The van der Waals surface area contributed by atoms with Crippen LogP contribution in [-0.2, 0) is 16.1 Å². The third-order valence-corrected chi connectivity index (χ3v) is 7.70. The summed E-state index contributed by atoms with van der Waals surface area (Å²) in [7, 11) is 2.16. The molecule has 2 saturated heterocycles. The van der Waals surface area contributed by atoms with E-state index in [1.807, 2.05) is 30.4 Å². The summed E-state index contributed by atoms with van der Waals surface area (Å²) in [6.45, 7) is 6.32. The molecule has 1 atom stereocenters. The van der Waals surface area contributed by atoms with Crippen LogP contribution in [0.15, 0.2) is 36.4 Å². The Hall–Kier alpha value is -2.95. The van der Waals surface area contributed by atoms with Gasteiger partial charge in [0, 0.05) is 56.6 Å². The van der Waals surface area contributed by atoms with Gasteiger partial charge in [0.1, 0.15) is 5.75 Å². The molecule has 9 nitrogen and oxygen atoms in total. The van der Waals surface area contributed by atoms with E-state index in [4.69, 9.17) is 9.47 Å². The van der Waals surface area contributed by atoms with Gasteiger partial charge in [-0.05, 0) is 43.2 Å². The smallest absolute Gasteiger partial charge is 0.879 e. The van der Waals surface area contributed by atoms with E-state index in [1.54, 1.807) is 4.90 Å². The minimum absolute atomic E-state index is 0. The van der Waals surface area contributed by atoms with Crippen LogP contribution in [0, 0.1) is 6.26 Å². The van der Waals surface area contributed by atoms with Gasteiger partial charge in [-0.3, -0.25) is 14.8 Å². The Kier molecular flexibility index (Phi) is 9.07. The molecule has 0 radical (unpaired) electrons. The van der Waals surface area contributed by atoms with Crippen LogP contribution in [0.5, 0.6) is 5.75 Å². The van der Waals surface area contributed by atoms with Crippen LogP contribution in [0.3, 0.4) is 0 Å². The van der Waals surface area contributed by atoms with Crippen molar-refractivity contribution in [3.8, 4) is 5.75 Å². The first-order valence-electron chi connectivity index (χ1n) is 13.5. The number of benzene rings is 2. The summed E-state index contributed by atoms with van der Waals surface area (Å²) in [5, 5.41) is 18.3. The summed E-state index contributed by atoms with van der Waals surface area (Å²) >= 11 is 0. The minimum atomic E-state index is -0.540. The normalized spacial score (nSPS) is 21.1. The van der Waals surface area contributed by atoms with Crippen molar-refractivity contribution in [2.75, 3.05) is 52.9 Å². The maximum absolute atomic E-state index is 13.2. The number of aromatic amines is 1. The molecule has 3 aliphatic heterocycles. The summed E-state index contributed by atoms with van der Waals surface area (Å²) in [5.41, 5.74) is 4.87. The number of carbonyl (C=O) groups is 1. The number of nitrogens with zero attached hydrogens (tertiary/aromatic N) is 5. The van der Waals surface area contributed by atoms with Gasteiger partial charge < -0.3 is 30.9 Å². The number of fused-ring (bicyclic) bond motifs is 4. The second-order valence-electron chi connectivity index (χ2n) is 10.4.